The number of amides is 4. The Morgan fingerprint density at radius 2 is 1.11 bits per heavy atom. The monoisotopic (exact) mass is 426 g/mol. The molecule has 28 heavy (non-hydrogen) atoms. The van der Waals surface area contributed by atoms with E-state index in [1.165, 1.54) is 9.80 Å². The molecule has 0 unspecified atom stereocenters. The first kappa shape index (κ1) is 17.7. The molecular formula is C16H18N4O6S2. The van der Waals surface area contributed by atoms with E-state index in [9.17, 15) is 26.4 Å². The average Bonchev–Trinajstić information content (AvgIpc) is 3.21. The highest BCUT2D eigenvalue weighted by Crippen LogP contribution is 2.39. The van der Waals surface area contributed by atoms with E-state index >= 15 is 0 Å². The molecule has 0 bridgehead atoms. The molecule has 4 aliphatic heterocycles. The molecule has 0 saturated carbocycles. The lowest BCUT2D eigenvalue weighted by atomic mass is 10.1. The molecule has 5 rings (SSSR count). The van der Waals surface area contributed by atoms with Crippen LogP contribution >= 0.6 is 0 Å². The average molecular weight is 426 g/mol. The zero-order chi connectivity index (χ0) is 19.8. The molecule has 150 valence electrons. The van der Waals surface area contributed by atoms with Crippen molar-refractivity contribution in [2.75, 3.05) is 32.8 Å². The van der Waals surface area contributed by atoms with Gasteiger partial charge in [0, 0.05) is 0 Å². The molecule has 4 saturated heterocycles. The van der Waals surface area contributed by atoms with Crippen LogP contribution in [0.1, 0.15) is 0 Å². The van der Waals surface area contributed by atoms with E-state index < -0.39 is 55.9 Å². The van der Waals surface area contributed by atoms with Crippen LogP contribution in [-0.4, -0.2) is 76.1 Å². The first-order valence-corrected chi connectivity index (χ1v) is 12.5. The normalized spacial score (nSPS) is 34.9. The molecule has 4 amide bonds. The number of anilines is 2. The number of carbonyl (C=O) groups excluding carboxylic acids is 2. The van der Waals surface area contributed by atoms with Gasteiger partial charge in [0.1, 0.15) is 0 Å². The van der Waals surface area contributed by atoms with Crippen LogP contribution in [0.25, 0.3) is 0 Å². The number of rotatable bonds is 2. The predicted octanol–water partition coefficient (Wildman–Crippen LogP) is -0.923. The fourth-order valence-corrected chi connectivity index (χ4v) is 8.43. The molecule has 4 heterocycles. The Labute approximate surface area is 161 Å². The van der Waals surface area contributed by atoms with E-state index in [4.69, 9.17) is 0 Å². The molecule has 4 atom stereocenters. The van der Waals surface area contributed by atoms with Crippen LogP contribution < -0.4 is 20.4 Å². The lowest BCUT2D eigenvalue weighted by Gasteiger charge is -2.29. The Morgan fingerprint density at radius 3 is 1.50 bits per heavy atom. The van der Waals surface area contributed by atoms with Crippen molar-refractivity contribution in [1.82, 2.24) is 10.6 Å². The highest BCUT2D eigenvalue weighted by molar-refractivity contribution is 7.92. The summed E-state index contributed by atoms with van der Waals surface area (Å²) in [5, 5.41) is 5.40. The third-order valence-corrected chi connectivity index (χ3v) is 9.20. The van der Waals surface area contributed by atoms with Crippen molar-refractivity contribution in [3.8, 4) is 0 Å². The molecule has 0 spiro atoms. The number of hydrogen-bond acceptors (Lipinski definition) is 6. The van der Waals surface area contributed by atoms with Gasteiger partial charge in [-0.1, -0.05) is 12.1 Å². The summed E-state index contributed by atoms with van der Waals surface area (Å²) in [5.41, 5.74) is 0.786. The first-order chi connectivity index (χ1) is 13.2. The maximum atomic E-state index is 12.6. The molecule has 1 aromatic rings. The van der Waals surface area contributed by atoms with Gasteiger partial charge in [-0.15, -0.1) is 0 Å². The fourth-order valence-electron chi connectivity index (χ4n) is 4.65. The number of nitrogens with one attached hydrogen (secondary N) is 2. The number of benzene rings is 1. The van der Waals surface area contributed by atoms with Crippen LogP contribution in [0.15, 0.2) is 24.3 Å². The Kier molecular flexibility index (Phi) is 3.55. The summed E-state index contributed by atoms with van der Waals surface area (Å²) >= 11 is 0. The van der Waals surface area contributed by atoms with Gasteiger partial charge in [-0.05, 0) is 12.1 Å². The minimum atomic E-state index is -3.27. The third kappa shape index (κ3) is 2.58. The van der Waals surface area contributed by atoms with Crippen molar-refractivity contribution in [2.24, 2.45) is 0 Å². The third-order valence-electron chi connectivity index (χ3n) is 5.76. The number of para-hydroxylation sites is 2. The molecule has 0 radical (unpaired) electrons. The zero-order valence-electron chi connectivity index (χ0n) is 14.6. The Morgan fingerprint density at radius 1 is 0.714 bits per heavy atom. The molecule has 2 N–H and O–H groups in total. The largest absolute Gasteiger partial charge is 0.332 e. The number of fused-ring (bicyclic) bond motifs is 2. The van der Waals surface area contributed by atoms with Crippen molar-refractivity contribution in [3.05, 3.63) is 24.3 Å². The smallest absolute Gasteiger partial charge is 0.322 e. The van der Waals surface area contributed by atoms with Gasteiger partial charge in [-0.25, -0.2) is 26.4 Å². The van der Waals surface area contributed by atoms with Gasteiger partial charge in [0.15, 0.2) is 19.7 Å². The lowest BCUT2D eigenvalue weighted by Crippen LogP contribution is -2.41. The predicted molar refractivity (Wildman–Crippen MR) is 101 cm³/mol. The Hall–Kier alpha value is -2.34. The summed E-state index contributed by atoms with van der Waals surface area (Å²) in [6, 6.07) is 3.70. The zero-order valence-corrected chi connectivity index (χ0v) is 16.2. The van der Waals surface area contributed by atoms with Crippen molar-refractivity contribution < 1.29 is 26.4 Å². The quantitative estimate of drug-likeness (QED) is 0.588. The van der Waals surface area contributed by atoms with Crippen LogP contribution in [0.5, 0.6) is 0 Å². The summed E-state index contributed by atoms with van der Waals surface area (Å²) < 4.78 is 48.1. The Bertz CT molecular complexity index is 1010. The first-order valence-electron chi connectivity index (χ1n) is 8.84. The standard InChI is InChI=1S/C16H18N4O6S2/c21-15-17-9-5-27(23,24)7-13(9)19(15)11-3-1-2-4-12(11)20-14-8-28(25,26)6-10(14)18-16(20)22/h1-4,9-10,13-14H,5-8H2,(H,17,21)(H,18,22)/t9-,10+,13+,14-. The van der Waals surface area contributed by atoms with Crippen molar-refractivity contribution >= 4 is 43.1 Å². The number of carbonyl (C=O) groups is 2. The van der Waals surface area contributed by atoms with Gasteiger partial charge in [-0.3, -0.25) is 9.80 Å². The summed E-state index contributed by atoms with van der Waals surface area (Å²) in [4.78, 5) is 27.9. The molecule has 4 aliphatic rings. The van der Waals surface area contributed by atoms with Gasteiger partial charge in [0.2, 0.25) is 0 Å². The minimum absolute atomic E-state index is 0.116. The van der Waals surface area contributed by atoms with Crippen molar-refractivity contribution in [3.63, 3.8) is 0 Å². The van der Waals surface area contributed by atoms with Crippen molar-refractivity contribution in [1.29, 1.82) is 0 Å². The van der Waals surface area contributed by atoms with E-state index in [2.05, 4.69) is 10.6 Å². The van der Waals surface area contributed by atoms with E-state index in [0.29, 0.717) is 11.4 Å². The van der Waals surface area contributed by atoms with E-state index in [0.717, 1.165) is 0 Å². The highest BCUT2D eigenvalue weighted by atomic mass is 32.2. The van der Waals surface area contributed by atoms with E-state index in [1.807, 2.05) is 0 Å². The highest BCUT2D eigenvalue weighted by Gasteiger charge is 2.53. The number of nitrogens with zero attached hydrogens (tertiary/aromatic N) is 2. The number of sulfone groups is 2. The number of urea groups is 2. The van der Waals surface area contributed by atoms with Crippen LogP contribution in [0.2, 0.25) is 0 Å². The van der Waals surface area contributed by atoms with Crippen molar-refractivity contribution in [2.45, 2.75) is 24.2 Å². The van der Waals surface area contributed by atoms with Gasteiger partial charge < -0.3 is 10.6 Å². The summed E-state index contributed by atoms with van der Waals surface area (Å²) in [5.74, 6) is -0.542. The lowest BCUT2D eigenvalue weighted by molar-refractivity contribution is 0.249. The fraction of sp³-hybridized carbons (Fsp3) is 0.500. The van der Waals surface area contributed by atoms with Gasteiger partial charge in [0.05, 0.1) is 58.6 Å². The maximum absolute atomic E-state index is 12.6. The molecule has 1 aromatic carbocycles. The Balaban J connectivity index is 1.57. The van der Waals surface area contributed by atoms with Gasteiger partial charge in [-0.2, -0.15) is 0 Å². The molecule has 0 aliphatic carbocycles. The summed E-state index contributed by atoms with van der Waals surface area (Å²) in [7, 11) is -6.54. The number of hydrogen-bond donors (Lipinski definition) is 2. The molecule has 12 heteroatoms. The topological polar surface area (TPSA) is 133 Å². The van der Waals surface area contributed by atoms with Crippen LogP contribution in [0.4, 0.5) is 21.0 Å². The second-order valence-electron chi connectivity index (χ2n) is 7.63. The second-order valence-corrected chi connectivity index (χ2v) is 11.9. The second kappa shape index (κ2) is 5.60. The molecule has 0 aromatic heterocycles. The molecule has 10 nitrogen and oxygen atoms in total. The summed E-state index contributed by atoms with van der Waals surface area (Å²) in [6.45, 7) is 0. The van der Waals surface area contributed by atoms with Crippen LogP contribution in [0, 0.1) is 0 Å². The van der Waals surface area contributed by atoms with Crippen LogP contribution in [-0.2, 0) is 19.7 Å². The van der Waals surface area contributed by atoms with Crippen LogP contribution in [0.3, 0.4) is 0 Å². The van der Waals surface area contributed by atoms with Gasteiger partial charge in [0.25, 0.3) is 0 Å². The molecule has 4 fully saturated rings. The van der Waals surface area contributed by atoms with E-state index in [-0.39, 0.29) is 23.0 Å². The van der Waals surface area contributed by atoms with Gasteiger partial charge >= 0.3 is 12.1 Å². The SMILES string of the molecule is O=C1N[C@H]2CS(=O)(=O)C[C@H]2N1c1ccccc1N1C(=O)N[C@@H]2CS(=O)(=O)C[C@@H]21. The van der Waals surface area contributed by atoms with E-state index in [1.54, 1.807) is 24.3 Å². The summed E-state index contributed by atoms with van der Waals surface area (Å²) in [6.07, 6.45) is 0. The maximum Gasteiger partial charge on any atom is 0.322 e. The molecular weight excluding hydrogens is 408 g/mol. The minimum Gasteiger partial charge on any atom is -0.332 e.